The number of nitrogens with zero attached hydrogens (tertiary/aromatic N) is 1. The molecule has 1 aliphatic carbocycles. The third kappa shape index (κ3) is 2.80. The van der Waals surface area contributed by atoms with Gasteiger partial charge in [0.05, 0.1) is 17.7 Å². The Kier molecular flexibility index (Phi) is 4.07. The number of aliphatic carboxylic acids is 1. The van der Waals surface area contributed by atoms with E-state index in [0.717, 1.165) is 5.69 Å². The quantitative estimate of drug-likeness (QED) is 0.794. The summed E-state index contributed by atoms with van der Waals surface area (Å²) in [7, 11) is 0. The molecule has 0 aliphatic heterocycles. The maximum atomic E-state index is 12.3. The number of hydrogen-bond donors (Lipinski definition) is 3. The predicted molar refractivity (Wildman–Crippen MR) is 77.9 cm³/mol. The molecule has 3 atom stereocenters. The third-order valence-corrected chi connectivity index (χ3v) is 5.13. The standard InChI is InChI=1S/C15H23N3O3/c1-8-12(6-5-11(14(20)21)15(8,3)4)17-13(19)10-7-16-18-9(10)2/h7-8,11-12H,5-6H2,1-4H3,(H,16,18)(H,17,19)(H,20,21). The summed E-state index contributed by atoms with van der Waals surface area (Å²) in [6, 6.07) is -0.0163. The van der Waals surface area contributed by atoms with Crippen LogP contribution in [0.3, 0.4) is 0 Å². The van der Waals surface area contributed by atoms with Gasteiger partial charge in [-0.2, -0.15) is 5.10 Å². The Labute approximate surface area is 124 Å². The summed E-state index contributed by atoms with van der Waals surface area (Å²) in [5, 5.41) is 19.0. The van der Waals surface area contributed by atoms with Crippen molar-refractivity contribution in [2.24, 2.45) is 17.3 Å². The van der Waals surface area contributed by atoms with Crippen LogP contribution in [0.15, 0.2) is 6.20 Å². The van der Waals surface area contributed by atoms with E-state index in [9.17, 15) is 14.7 Å². The zero-order valence-corrected chi connectivity index (χ0v) is 12.9. The Balaban J connectivity index is 2.11. The van der Waals surface area contributed by atoms with E-state index in [0.29, 0.717) is 18.4 Å². The molecule has 1 aromatic rings. The van der Waals surface area contributed by atoms with Gasteiger partial charge in [-0.05, 0) is 31.1 Å². The molecule has 1 heterocycles. The summed E-state index contributed by atoms with van der Waals surface area (Å²) in [5.41, 5.74) is 0.923. The first-order valence-corrected chi connectivity index (χ1v) is 7.28. The maximum Gasteiger partial charge on any atom is 0.307 e. The van der Waals surface area contributed by atoms with Crippen LogP contribution in [0.1, 0.15) is 49.7 Å². The molecule has 2 rings (SSSR count). The molecule has 116 valence electrons. The molecule has 1 saturated carbocycles. The second-order valence-corrected chi connectivity index (χ2v) is 6.57. The van der Waals surface area contributed by atoms with Crippen LogP contribution >= 0.6 is 0 Å². The summed E-state index contributed by atoms with van der Waals surface area (Å²) in [5.74, 6) is -1.18. The monoisotopic (exact) mass is 293 g/mol. The number of aromatic nitrogens is 2. The van der Waals surface area contributed by atoms with Crippen LogP contribution in [0.4, 0.5) is 0 Å². The number of hydrogen-bond acceptors (Lipinski definition) is 3. The second kappa shape index (κ2) is 5.50. The van der Waals surface area contributed by atoms with E-state index in [4.69, 9.17) is 0 Å². The van der Waals surface area contributed by atoms with Crippen molar-refractivity contribution in [3.63, 3.8) is 0 Å². The van der Waals surface area contributed by atoms with E-state index >= 15 is 0 Å². The number of amides is 1. The van der Waals surface area contributed by atoms with E-state index in [1.54, 1.807) is 6.92 Å². The fourth-order valence-electron chi connectivity index (χ4n) is 3.27. The van der Waals surface area contributed by atoms with Gasteiger partial charge in [-0.1, -0.05) is 20.8 Å². The van der Waals surface area contributed by atoms with Crippen molar-refractivity contribution in [1.29, 1.82) is 0 Å². The minimum atomic E-state index is -0.748. The Bertz CT molecular complexity index is 550. The van der Waals surface area contributed by atoms with E-state index in [1.165, 1.54) is 6.20 Å². The maximum absolute atomic E-state index is 12.3. The predicted octanol–water partition coefficient (Wildman–Crippen LogP) is 1.97. The largest absolute Gasteiger partial charge is 0.481 e. The highest BCUT2D eigenvalue weighted by molar-refractivity contribution is 5.95. The van der Waals surface area contributed by atoms with Gasteiger partial charge in [-0.25, -0.2) is 0 Å². The van der Waals surface area contributed by atoms with E-state index in [2.05, 4.69) is 15.5 Å². The number of carboxylic acid groups (broad SMARTS) is 1. The molecule has 3 N–H and O–H groups in total. The first kappa shape index (κ1) is 15.5. The highest BCUT2D eigenvalue weighted by atomic mass is 16.4. The van der Waals surface area contributed by atoms with Gasteiger partial charge in [0.2, 0.25) is 0 Å². The van der Waals surface area contributed by atoms with Gasteiger partial charge in [0.1, 0.15) is 0 Å². The number of nitrogens with one attached hydrogen (secondary N) is 2. The molecule has 0 aromatic carbocycles. The van der Waals surface area contributed by atoms with E-state index < -0.39 is 5.97 Å². The lowest BCUT2D eigenvalue weighted by atomic mass is 9.61. The molecular weight excluding hydrogens is 270 g/mol. The SMILES string of the molecule is Cc1[nH]ncc1C(=O)NC1CCC(C(=O)O)C(C)(C)C1C. The minimum absolute atomic E-state index is 0.0163. The van der Waals surface area contributed by atoms with Gasteiger partial charge >= 0.3 is 5.97 Å². The number of carbonyl (C=O) groups is 2. The molecular formula is C15H23N3O3. The van der Waals surface area contributed by atoms with Crippen LogP contribution in [0.25, 0.3) is 0 Å². The van der Waals surface area contributed by atoms with Crippen molar-refractivity contribution in [2.45, 2.75) is 46.6 Å². The molecule has 1 aromatic heterocycles. The smallest absolute Gasteiger partial charge is 0.307 e. The molecule has 1 fully saturated rings. The number of aromatic amines is 1. The highest BCUT2D eigenvalue weighted by Gasteiger charge is 2.46. The fourth-order valence-corrected chi connectivity index (χ4v) is 3.27. The summed E-state index contributed by atoms with van der Waals surface area (Å²) in [6.45, 7) is 7.76. The van der Waals surface area contributed by atoms with Crippen LogP contribution in [0.5, 0.6) is 0 Å². The van der Waals surface area contributed by atoms with Crippen molar-refractivity contribution in [1.82, 2.24) is 15.5 Å². The highest BCUT2D eigenvalue weighted by Crippen LogP contribution is 2.45. The van der Waals surface area contributed by atoms with Gasteiger partial charge in [-0.3, -0.25) is 14.7 Å². The van der Waals surface area contributed by atoms with Gasteiger partial charge in [0.15, 0.2) is 0 Å². The number of H-pyrrole nitrogens is 1. The first-order valence-electron chi connectivity index (χ1n) is 7.28. The number of carbonyl (C=O) groups excluding carboxylic acids is 1. The van der Waals surface area contributed by atoms with E-state index in [-0.39, 0.29) is 29.2 Å². The van der Waals surface area contributed by atoms with Gasteiger partial charge in [-0.15, -0.1) is 0 Å². The Morgan fingerprint density at radius 3 is 2.62 bits per heavy atom. The first-order chi connectivity index (χ1) is 9.75. The minimum Gasteiger partial charge on any atom is -0.481 e. The lowest BCUT2D eigenvalue weighted by Gasteiger charge is -2.46. The lowest BCUT2D eigenvalue weighted by Crippen LogP contribution is -2.52. The molecule has 0 saturated heterocycles. The van der Waals surface area contributed by atoms with Crippen molar-refractivity contribution in [3.05, 3.63) is 17.5 Å². The zero-order valence-electron chi connectivity index (χ0n) is 12.9. The normalized spacial score (nSPS) is 28.1. The van der Waals surface area contributed by atoms with Gasteiger partial charge < -0.3 is 10.4 Å². The van der Waals surface area contributed by atoms with Crippen LogP contribution in [0.2, 0.25) is 0 Å². The van der Waals surface area contributed by atoms with Crippen molar-refractivity contribution >= 4 is 11.9 Å². The molecule has 1 aliphatic rings. The number of carboxylic acids is 1. The third-order valence-electron chi connectivity index (χ3n) is 5.13. The molecule has 21 heavy (non-hydrogen) atoms. The van der Waals surface area contributed by atoms with Crippen molar-refractivity contribution in [3.8, 4) is 0 Å². The Hall–Kier alpha value is -1.85. The zero-order chi connectivity index (χ0) is 15.8. The molecule has 6 heteroatoms. The second-order valence-electron chi connectivity index (χ2n) is 6.57. The molecule has 6 nitrogen and oxygen atoms in total. The van der Waals surface area contributed by atoms with Crippen molar-refractivity contribution in [2.75, 3.05) is 0 Å². The van der Waals surface area contributed by atoms with Crippen LogP contribution in [0, 0.1) is 24.2 Å². The number of rotatable bonds is 3. The summed E-state index contributed by atoms with van der Waals surface area (Å²) in [6.07, 6.45) is 2.79. The molecule has 3 unspecified atom stereocenters. The fraction of sp³-hybridized carbons (Fsp3) is 0.667. The van der Waals surface area contributed by atoms with Crippen LogP contribution < -0.4 is 5.32 Å². The van der Waals surface area contributed by atoms with Gasteiger partial charge in [0.25, 0.3) is 5.91 Å². The average molecular weight is 293 g/mol. The molecule has 1 amide bonds. The Morgan fingerprint density at radius 2 is 2.10 bits per heavy atom. The topological polar surface area (TPSA) is 95.1 Å². The van der Waals surface area contributed by atoms with E-state index in [1.807, 2.05) is 20.8 Å². The van der Waals surface area contributed by atoms with Crippen LogP contribution in [-0.4, -0.2) is 33.2 Å². The molecule has 0 radical (unpaired) electrons. The summed E-state index contributed by atoms with van der Waals surface area (Å²) >= 11 is 0. The molecule has 0 spiro atoms. The summed E-state index contributed by atoms with van der Waals surface area (Å²) in [4.78, 5) is 23.7. The summed E-state index contributed by atoms with van der Waals surface area (Å²) < 4.78 is 0. The van der Waals surface area contributed by atoms with Gasteiger partial charge in [0, 0.05) is 11.7 Å². The number of aryl methyl sites for hydroxylation is 1. The Morgan fingerprint density at radius 1 is 1.43 bits per heavy atom. The van der Waals surface area contributed by atoms with Crippen LogP contribution in [-0.2, 0) is 4.79 Å². The van der Waals surface area contributed by atoms with Crippen molar-refractivity contribution < 1.29 is 14.7 Å². The molecule has 0 bridgehead atoms. The lowest BCUT2D eigenvalue weighted by molar-refractivity contribution is -0.150. The average Bonchev–Trinajstić information content (AvgIpc) is 2.81.